The SMILES string of the molecule is CC(C)(C)C(=O)[O-].CC(C)(C)C(=O)[O-].CC(C)(C)C(=O)[O-].CC(C)(C)C(=O)[O-].CC(C)(C)C(=O)[O-].CC(C)(C)C(=O)[O-].CCO.CCO.[Fe+3].[Fe+3].[Fe+3].[Fe+3].[Ho+3].[Ho+3].[N-]=[N+]=[N-].[N-]=[N+]=[N-].[N-]=[N+]=[N-].[N-]=[N+]=[N-].[O-]CCN(CC[O-])CCO.[O-]CCN(CC[O-])CCO.[O-]CCN(CC[O-])CCO.[O-]CCN(CC[O-])CCO. The standard InChI is InChI=1S/4C6H13NO3.6C5H10O2.2C2H6O.4Fe.2Ho.4N3/c4*8-4-1-7(2-5-9)3-6-10;6*1-5(2,3)4(6)7;2*1-2-3;;;;;;;4*1-3-2/h4*8H,1-6H2;6*1-3H3,(H,6,7);2*3H,2H2,1H3;;;;;;;;;;/q4*-2;;;;;;;;;6*+3;4*-1/p-6. The molecule has 0 rings (SSSR count). The fourth-order valence-electron chi connectivity index (χ4n) is 2.94. The predicted octanol–water partition coefficient (Wildman–Crippen LogP) is -9.85. The van der Waals surface area contributed by atoms with Crippen LogP contribution in [0.25, 0.3) is 63.9 Å². The molecule has 0 saturated carbocycles. The summed E-state index contributed by atoms with van der Waals surface area (Å²) in [5.41, 5.74) is 49.8. The molecule has 0 aromatic heterocycles. The van der Waals surface area contributed by atoms with Crippen LogP contribution >= 0.6 is 0 Å². The second kappa shape index (κ2) is 121. The Morgan fingerprint density at radius 1 is 0.255 bits per heavy atom. The summed E-state index contributed by atoms with van der Waals surface area (Å²) in [5, 5.41) is 189. The van der Waals surface area contributed by atoms with E-state index in [1.807, 2.05) is 0 Å². The first kappa shape index (κ1) is 164. The molecule has 0 saturated heterocycles. The molecule has 42 nitrogen and oxygen atoms in total. The normalized spacial score (nSPS) is 9.19. The molecule has 6 N–H and O–H groups in total. The van der Waals surface area contributed by atoms with Gasteiger partial charge in [-0.3, -0.25) is 19.6 Å². The maximum atomic E-state index is 10.1. The number of aliphatic hydroxyl groups excluding tert-OH is 6. The molecular weight excluding hydrogens is 1890 g/mol. The van der Waals surface area contributed by atoms with Crippen molar-refractivity contribution in [2.75, 3.05) is 171 Å². The van der Waals surface area contributed by atoms with Crippen molar-refractivity contribution in [2.45, 2.75) is 138 Å². The Morgan fingerprint density at radius 3 is 0.340 bits per heavy atom. The van der Waals surface area contributed by atoms with Gasteiger partial charge >= 0.3 is 144 Å². The average Bonchev–Trinajstić information content (AvgIpc) is 3.45. The molecular formula is C58H118Fe4Ho2N16O26. The molecule has 0 bridgehead atoms. The van der Waals surface area contributed by atoms with E-state index >= 15 is 0 Å². The van der Waals surface area contributed by atoms with Crippen LogP contribution in [0, 0.1) is 108 Å². The van der Waals surface area contributed by atoms with E-state index in [2.05, 4.69) is 0 Å². The molecule has 0 aliphatic heterocycles. The third-order valence-corrected chi connectivity index (χ3v) is 8.60. The van der Waals surface area contributed by atoms with Crippen LogP contribution in [-0.4, -0.2) is 257 Å². The van der Waals surface area contributed by atoms with Gasteiger partial charge in [-0.1, -0.05) is 125 Å². The van der Waals surface area contributed by atoms with Gasteiger partial charge in [0, 0.05) is 108 Å². The fourth-order valence-corrected chi connectivity index (χ4v) is 2.94. The summed E-state index contributed by atoms with van der Waals surface area (Å²) in [7, 11) is 0. The Balaban J connectivity index is -0.0000000359. The molecule has 0 heterocycles. The van der Waals surface area contributed by atoms with Gasteiger partial charge in [-0.15, -0.1) is 52.9 Å². The first-order chi connectivity index (χ1) is 45.5. The zero-order valence-electron chi connectivity index (χ0n) is 64.4. The third-order valence-electron chi connectivity index (χ3n) is 8.60. The van der Waals surface area contributed by atoms with Crippen LogP contribution in [-0.2, 0) is 97.0 Å². The summed E-state index contributed by atoms with van der Waals surface area (Å²) in [6, 6.07) is 0. The van der Waals surface area contributed by atoms with E-state index in [-0.39, 0.29) is 236 Å². The monoisotopic (exact) mass is 2010 g/mol. The zero-order chi connectivity index (χ0) is 84.0. The van der Waals surface area contributed by atoms with E-state index in [1.165, 1.54) is 19.6 Å². The van der Waals surface area contributed by atoms with E-state index in [1.54, 1.807) is 158 Å². The minimum Gasteiger partial charge on any atom is -0.854 e. The number of hydrogen-bond donors (Lipinski definition) is 6. The van der Waals surface area contributed by atoms with Gasteiger partial charge < -0.3 is 195 Å². The van der Waals surface area contributed by atoms with Crippen molar-refractivity contribution in [1.29, 1.82) is 0 Å². The first-order valence-electron chi connectivity index (χ1n) is 30.0. The zero-order valence-corrected chi connectivity index (χ0v) is 72.7. The second-order valence-electron chi connectivity index (χ2n) is 24.1. The van der Waals surface area contributed by atoms with Gasteiger partial charge in [0.2, 0.25) is 0 Å². The average molecular weight is 2010 g/mol. The number of rotatable bonds is 24. The van der Waals surface area contributed by atoms with Crippen LogP contribution in [0.2, 0.25) is 0 Å². The predicted molar refractivity (Wildman–Crippen MR) is 346 cm³/mol. The molecule has 48 heteroatoms. The molecule has 106 heavy (non-hydrogen) atoms. The van der Waals surface area contributed by atoms with Crippen molar-refractivity contribution in [3.05, 3.63) is 63.9 Å². The Bertz CT molecular complexity index is 1580. The van der Waals surface area contributed by atoms with Gasteiger partial charge in [-0.05, 0) is 66.2 Å². The van der Waals surface area contributed by atoms with E-state index < -0.39 is 68.3 Å². The Labute approximate surface area is 729 Å². The molecule has 4 radical (unpaired) electrons. The Kier molecular flexibility index (Phi) is 188. The number of carboxylic acids is 6. The van der Waals surface area contributed by atoms with E-state index in [4.69, 9.17) is 74.9 Å². The second-order valence-corrected chi connectivity index (χ2v) is 24.1. The minimum atomic E-state index is -1.01. The molecule has 0 spiro atoms. The largest absolute Gasteiger partial charge is 3.00 e. The van der Waals surface area contributed by atoms with E-state index in [0.29, 0.717) is 78.5 Å². The molecule has 0 aliphatic rings. The van der Waals surface area contributed by atoms with Crippen LogP contribution in [0.4, 0.5) is 0 Å². The summed E-state index contributed by atoms with van der Waals surface area (Å²) in [5.74, 6) is -6.04. The number of aliphatic carboxylic acids is 6. The van der Waals surface area contributed by atoms with Gasteiger partial charge in [0.25, 0.3) is 0 Å². The quantitative estimate of drug-likeness (QED) is 0.0226. The molecule has 0 amide bonds. The van der Waals surface area contributed by atoms with Crippen LogP contribution in [0.5, 0.6) is 0 Å². The Hall–Kier alpha value is -2.06. The van der Waals surface area contributed by atoms with Crippen LogP contribution in [0.15, 0.2) is 0 Å². The summed E-state index contributed by atoms with van der Waals surface area (Å²) in [6.07, 6.45) is 0. The summed E-state index contributed by atoms with van der Waals surface area (Å²) in [4.78, 5) is 72.1. The van der Waals surface area contributed by atoms with Crippen molar-refractivity contribution in [3.8, 4) is 0 Å². The maximum absolute atomic E-state index is 10.1. The summed E-state index contributed by atoms with van der Waals surface area (Å²) >= 11 is 0. The minimum absolute atomic E-state index is 0. The molecule has 0 aromatic carbocycles. The van der Waals surface area contributed by atoms with E-state index in [9.17, 15) is 100 Å². The van der Waals surface area contributed by atoms with Gasteiger partial charge in [-0.2, -0.15) is 0 Å². The molecule has 0 aromatic rings. The number of aliphatic hydroxyl groups is 6. The van der Waals surface area contributed by atoms with Gasteiger partial charge in [0.05, 0.1) is 26.4 Å². The smallest absolute Gasteiger partial charge is 0.854 e. The Morgan fingerprint density at radius 2 is 0.311 bits per heavy atom. The molecule has 0 atom stereocenters. The number of hydrogen-bond acceptors (Lipinski definition) is 30. The van der Waals surface area contributed by atoms with Gasteiger partial charge in [0.1, 0.15) is 0 Å². The van der Waals surface area contributed by atoms with Crippen molar-refractivity contribution in [3.63, 3.8) is 0 Å². The fraction of sp³-hybridized carbons (Fsp3) is 0.897. The topological polar surface area (TPSA) is 794 Å². The molecule has 0 aliphatic carbocycles. The third kappa shape index (κ3) is 212. The van der Waals surface area contributed by atoms with Crippen LogP contribution in [0.1, 0.15) is 138 Å². The summed E-state index contributed by atoms with van der Waals surface area (Å²) < 4.78 is 0. The number of carbonyl (C=O) groups is 6. The molecule has 0 unspecified atom stereocenters. The number of carbonyl (C=O) groups excluding carboxylic acids is 6. The molecule has 640 valence electrons. The number of carboxylic acid groups (broad SMARTS) is 6. The maximum Gasteiger partial charge on any atom is 3.00 e. The van der Waals surface area contributed by atoms with Gasteiger partial charge in [0.15, 0.2) is 0 Å². The van der Waals surface area contributed by atoms with Crippen LogP contribution in [0.3, 0.4) is 0 Å². The van der Waals surface area contributed by atoms with Crippen molar-refractivity contribution in [1.82, 2.24) is 19.6 Å². The van der Waals surface area contributed by atoms with E-state index in [0.717, 1.165) is 0 Å². The first-order valence-corrected chi connectivity index (χ1v) is 30.0. The van der Waals surface area contributed by atoms with Crippen molar-refractivity contribution in [2.24, 2.45) is 32.5 Å². The molecule has 0 fully saturated rings. The van der Waals surface area contributed by atoms with Crippen LogP contribution < -0.4 is 71.5 Å². The van der Waals surface area contributed by atoms with Crippen molar-refractivity contribution >= 4 is 35.8 Å². The number of nitrogens with zero attached hydrogens (tertiary/aromatic N) is 16. The van der Waals surface area contributed by atoms with Gasteiger partial charge in [-0.25, -0.2) is 0 Å². The van der Waals surface area contributed by atoms with Crippen molar-refractivity contribution < 1.29 is 275 Å². The summed E-state index contributed by atoms with van der Waals surface area (Å²) in [6.45, 7) is 35.7.